The van der Waals surface area contributed by atoms with Gasteiger partial charge in [0.05, 0.1) is 12.5 Å². The first kappa shape index (κ1) is 16.8. The number of amides is 2. The normalized spacial score (nSPS) is 21.7. The average molecular weight is 330 g/mol. The lowest BCUT2D eigenvalue weighted by Crippen LogP contribution is -2.44. The SMILES string of the molecule is NC(=O)[C@H]1CCCN(CC(=O)Nc2ccc(N3CCCC3)cc2)C1. The van der Waals surface area contributed by atoms with Crippen LogP contribution in [0.15, 0.2) is 24.3 Å². The number of carbonyl (C=O) groups excluding carboxylic acids is 2. The fourth-order valence-corrected chi connectivity index (χ4v) is 3.57. The molecule has 2 amide bonds. The van der Waals surface area contributed by atoms with Gasteiger partial charge in [0.1, 0.15) is 0 Å². The topological polar surface area (TPSA) is 78.7 Å². The number of likely N-dealkylation sites (tertiary alicyclic amines) is 1. The second kappa shape index (κ2) is 7.66. The number of nitrogens with one attached hydrogen (secondary N) is 1. The predicted molar refractivity (Wildman–Crippen MR) is 94.9 cm³/mol. The maximum absolute atomic E-state index is 12.2. The molecule has 3 N–H and O–H groups in total. The van der Waals surface area contributed by atoms with Crippen LogP contribution >= 0.6 is 0 Å². The van der Waals surface area contributed by atoms with Crippen LogP contribution in [0.1, 0.15) is 25.7 Å². The van der Waals surface area contributed by atoms with Crippen molar-refractivity contribution in [2.75, 3.05) is 42.9 Å². The second-order valence-electron chi connectivity index (χ2n) is 6.77. The zero-order chi connectivity index (χ0) is 16.9. The lowest BCUT2D eigenvalue weighted by atomic mass is 9.97. The zero-order valence-corrected chi connectivity index (χ0v) is 14.0. The number of piperidine rings is 1. The van der Waals surface area contributed by atoms with Crippen molar-refractivity contribution in [3.05, 3.63) is 24.3 Å². The van der Waals surface area contributed by atoms with Gasteiger partial charge in [0, 0.05) is 31.0 Å². The Hall–Kier alpha value is -2.08. The summed E-state index contributed by atoms with van der Waals surface area (Å²) < 4.78 is 0. The average Bonchev–Trinajstić information content (AvgIpc) is 3.10. The van der Waals surface area contributed by atoms with Crippen LogP contribution in [-0.2, 0) is 9.59 Å². The van der Waals surface area contributed by atoms with E-state index in [0.717, 1.165) is 38.2 Å². The molecule has 2 aliphatic heterocycles. The summed E-state index contributed by atoms with van der Waals surface area (Å²) in [5, 5.41) is 2.94. The summed E-state index contributed by atoms with van der Waals surface area (Å²) in [4.78, 5) is 27.9. The summed E-state index contributed by atoms with van der Waals surface area (Å²) in [5.74, 6) is -0.446. The fourth-order valence-electron chi connectivity index (χ4n) is 3.57. The van der Waals surface area contributed by atoms with E-state index in [0.29, 0.717) is 13.1 Å². The van der Waals surface area contributed by atoms with Crippen molar-refractivity contribution in [3.63, 3.8) is 0 Å². The standard InChI is InChI=1S/C18H26N4O2/c19-18(24)14-4-3-9-21(12-14)13-17(23)20-15-5-7-16(8-6-15)22-10-1-2-11-22/h5-8,14H,1-4,9-13H2,(H2,19,24)(H,20,23)/t14-/m0/s1. The van der Waals surface area contributed by atoms with Gasteiger partial charge in [-0.1, -0.05) is 0 Å². The Morgan fingerprint density at radius 3 is 2.46 bits per heavy atom. The van der Waals surface area contributed by atoms with E-state index >= 15 is 0 Å². The monoisotopic (exact) mass is 330 g/mol. The van der Waals surface area contributed by atoms with Crippen LogP contribution in [0.4, 0.5) is 11.4 Å². The third kappa shape index (κ3) is 4.26. The molecule has 1 atom stereocenters. The molecule has 2 fully saturated rings. The maximum atomic E-state index is 12.2. The van der Waals surface area contributed by atoms with Gasteiger partial charge in [-0.2, -0.15) is 0 Å². The van der Waals surface area contributed by atoms with E-state index in [1.165, 1.54) is 18.5 Å². The van der Waals surface area contributed by atoms with Gasteiger partial charge in [0.15, 0.2) is 0 Å². The minimum Gasteiger partial charge on any atom is -0.372 e. The van der Waals surface area contributed by atoms with Gasteiger partial charge < -0.3 is 16.0 Å². The predicted octanol–water partition coefficient (Wildman–Crippen LogP) is 1.42. The number of nitrogens with two attached hydrogens (primary N) is 1. The first-order valence-corrected chi connectivity index (χ1v) is 8.78. The number of nitrogens with zero attached hydrogens (tertiary/aromatic N) is 2. The van der Waals surface area contributed by atoms with Gasteiger partial charge in [-0.15, -0.1) is 0 Å². The van der Waals surface area contributed by atoms with Crippen LogP contribution in [0.5, 0.6) is 0 Å². The lowest BCUT2D eigenvalue weighted by molar-refractivity contribution is -0.125. The molecule has 0 spiro atoms. The van der Waals surface area contributed by atoms with Crippen molar-refractivity contribution < 1.29 is 9.59 Å². The molecule has 1 aromatic rings. The highest BCUT2D eigenvalue weighted by atomic mass is 16.2. The smallest absolute Gasteiger partial charge is 0.238 e. The minimum absolute atomic E-state index is 0.0472. The molecule has 2 saturated heterocycles. The number of carbonyl (C=O) groups is 2. The van der Waals surface area contributed by atoms with Gasteiger partial charge in [-0.05, 0) is 56.5 Å². The van der Waals surface area contributed by atoms with Crippen molar-refractivity contribution in [2.24, 2.45) is 11.7 Å². The van der Waals surface area contributed by atoms with Crippen molar-refractivity contribution in [3.8, 4) is 0 Å². The molecule has 1 aromatic carbocycles. The van der Waals surface area contributed by atoms with Crippen molar-refractivity contribution >= 4 is 23.2 Å². The van der Waals surface area contributed by atoms with Crippen molar-refractivity contribution in [2.45, 2.75) is 25.7 Å². The van der Waals surface area contributed by atoms with Crippen LogP contribution in [0, 0.1) is 5.92 Å². The third-order valence-corrected chi connectivity index (χ3v) is 4.90. The Labute approximate surface area is 143 Å². The molecule has 2 heterocycles. The zero-order valence-electron chi connectivity index (χ0n) is 14.0. The molecule has 6 nitrogen and oxygen atoms in total. The van der Waals surface area contributed by atoms with Crippen molar-refractivity contribution in [1.82, 2.24) is 4.90 Å². The van der Waals surface area contributed by atoms with Gasteiger partial charge in [0.25, 0.3) is 0 Å². The molecule has 0 bridgehead atoms. The maximum Gasteiger partial charge on any atom is 0.238 e. The number of hydrogen-bond donors (Lipinski definition) is 2. The number of benzene rings is 1. The quantitative estimate of drug-likeness (QED) is 0.856. The highest BCUT2D eigenvalue weighted by Gasteiger charge is 2.25. The van der Waals surface area contributed by atoms with Gasteiger partial charge in [-0.25, -0.2) is 0 Å². The Morgan fingerprint density at radius 2 is 1.79 bits per heavy atom. The number of hydrogen-bond acceptors (Lipinski definition) is 4. The largest absolute Gasteiger partial charge is 0.372 e. The lowest BCUT2D eigenvalue weighted by Gasteiger charge is -2.30. The molecule has 0 unspecified atom stereocenters. The summed E-state index contributed by atoms with van der Waals surface area (Å²) >= 11 is 0. The van der Waals surface area contributed by atoms with E-state index in [2.05, 4.69) is 22.3 Å². The summed E-state index contributed by atoms with van der Waals surface area (Å²) in [7, 11) is 0. The molecule has 3 rings (SSSR count). The van der Waals surface area contributed by atoms with Crippen LogP contribution in [0.3, 0.4) is 0 Å². The van der Waals surface area contributed by atoms with E-state index < -0.39 is 0 Å². The molecular formula is C18H26N4O2. The van der Waals surface area contributed by atoms with E-state index in [4.69, 9.17) is 5.73 Å². The van der Waals surface area contributed by atoms with Crippen LogP contribution in [-0.4, -0.2) is 49.4 Å². The summed E-state index contributed by atoms with van der Waals surface area (Å²) in [6.07, 6.45) is 4.23. The third-order valence-electron chi connectivity index (χ3n) is 4.90. The Balaban J connectivity index is 1.50. The molecular weight excluding hydrogens is 304 g/mol. The van der Waals surface area contributed by atoms with Gasteiger partial charge >= 0.3 is 0 Å². The Bertz CT molecular complexity index is 581. The fraction of sp³-hybridized carbons (Fsp3) is 0.556. The molecule has 0 aliphatic carbocycles. The molecule has 0 aromatic heterocycles. The number of primary amides is 1. The van der Waals surface area contributed by atoms with E-state index in [1.54, 1.807) is 0 Å². The Kier molecular flexibility index (Phi) is 5.35. The second-order valence-corrected chi connectivity index (χ2v) is 6.77. The van der Waals surface area contributed by atoms with E-state index in [1.807, 2.05) is 17.0 Å². The highest BCUT2D eigenvalue weighted by molar-refractivity contribution is 5.92. The van der Waals surface area contributed by atoms with Crippen LogP contribution in [0.25, 0.3) is 0 Å². The molecule has 6 heteroatoms. The van der Waals surface area contributed by atoms with Gasteiger partial charge in [0.2, 0.25) is 11.8 Å². The number of rotatable bonds is 5. The van der Waals surface area contributed by atoms with E-state index in [-0.39, 0.29) is 17.7 Å². The number of anilines is 2. The van der Waals surface area contributed by atoms with Crippen LogP contribution < -0.4 is 16.0 Å². The molecule has 2 aliphatic rings. The van der Waals surface area contributed by atoms with Crippen molar-refractivity contribution in [1.29, 1.82) is 0 Å². The highest BCUT2D eigenvalue weighted by Crippen LogP contribution is 2.22. The minimum atomic E-state index is -0.266. The summed E-state index contributed by atoms with van der Waals surface area (Å²) in [6.45, 7) is 3.95. The molecule has 130 valence electrons. The first-order valence-electron chi connectivity index (χ1n) is 8.78. The molecule has 0 saturated carbocycles. The van der Waals surface area contributed by atoms with Crippen LogP contribution in [0.2, 0.25) is 0 Å². The first-order chi connectivity index (χ1) is 11.6. The van der Waals surface area contributed by atoms with Gasteiger partial charge in [-0.3, -0.25) is 14.5 Å². The molecule has 24 heavy (non-hydrogen) atoms. The summed E-state index contributed by atoms with van der Waals surface area (Å²) in [5.41, 5.74) is 7.40. The molecule has 0 radical (unpaired) electrons. The summed E-state index contributed by atoms with van der Waals surface area (Å²) in [6, 6.07) is 8.03. The Morgan fingerprint density at radius 1 is 1.08 bits per heavy atom. The van der Waals surface area contributed by atoms with E-state index in [9.17, 15) is 9.59 Å².